The van der Waals surface area contributed by atoms with Gasteiger partial charge in [0.15, 0.2) is 0 Å². The predicted molar refractivity (Wildman–Crippen MR) is 102 cm³/mol. The molecule has 0 saturated carbocycles. The summed E-state index contributed by atoms with van der Waals surface area (Å²) in [5.74, 6) is 0.326. The Kier molecular flexibility index (Phi) is 5.71. The molecule has 6 nitrogen and oxygen atoms in total. The van der Waals surface area contributed by atoms with Gasteiger partial charge in [-0.05, 0) is 31.5 Å². The summed E-state index contributed by atoms with van der Waals surface area (Å²) in [6.45, 7) is 3.73. The number of benzene rings is 2. The normalized spacial score (nSPS) is 14.6. The summed E-state index contributed by atoms with van der Waals surface area (Å²) >= 11 is 0. The lowest BCUT2D eigenvalue weighted by Crippen LogP contribution is -2.28. The number of hydrogen-bond donors (Lipinski definition) is 0. The summed E-state index contributed by atoms with van der Waals surface area (Å²) in [7, 11) is -3.65. The standard InChI is InChI=1S/C20H20NO5P/c1-3-25-27(24,26-4-2)14-18(15-10-6-5-7-11-15)21-19(22)16-12-8-9-13-17(16)20(21)23/h5-14H,3-4H2,1-2H3/b18-14+. The first-order valence-corrected chi connectivity index (χ1v) is 10.3. The van der Waals surface area contributed by atoms with Crippen LogP contribution < -0.4 is 0 Å². The van der Waals surface area contributed by atoms with Gasteiger partial charge in [-0.1, -0.05) is 42.5 Å². The monoisotopic (exact) mass is 385 g/mol. The molecule has 0 radical (unpaired) electrons. The first-order valence-electron chi connectivity index (χ1n) is 8.65. The smallest absolute Gasteiger partial charge is 0.306 e. The summed E-state index contributed by atoms with van der Waals surface area (Å²) in [5.41, 5.74) is 1.37. The van der Waals surface area contributed by atoms with E-state index in [1.165, 1.54) is 5.82 Å². The lowest BCUT2D eigenvalue weighted by Gasteiger charge is -2.21. The first kappa shape index (κ1) is 19.2. The zero-order valence-corrected chi connectivity index (χ0v) is 16.0. The molecular formula is C20H20NO5P. The van der Waals surface area contributed by atoms with Crippen LogP contribution in [0.5, 0.6) is 0 Å². The molecule has 1 aliphatic heterocycles. The molecule has 0 unspecified atom stereocenters. The lowest BCUT2D eigenvalue weighted by atomic mass is 10.1. The Morgan fingerprint density at radius 2 is 1.37 bits per heavy atom. The molecular weight excluding hydrogens is 365 g/mol. The minimum absolute atomic E-state index is 0.165. The van der Waals surface area contributed by atoms with Gasteiger partial charge in [-0.2, -0.15) is 0 Å². The fourth-order valence-corrected chi connectivity index (χ4v) is 4.41. The molecule has 2 aromatic rings. The van der Waals surface area contributed by atoms with Crippen molar-refractivity contribution in [3.05, 3.63) is 77.1 Å². The lowest BCUT2D eigenvalue weighted by molar-refractivity contribution is 0.0736. The zero-order valence-electron chi connectivity index (χ0n) is 15.1. The largest absolute Gasteiger partial charge is 0.356 e. The minimum Gasteiger partial charge on any atom is -0.306 e. The van der Waals surface area contributed by atoms with Crippen LogP contribution in [0.3, 0.4) is 0 Å². The highest BCUT2D eigenvalue weighted by atomic mass is 31.2. The number of amides is 2. The Balaban J connectivity index is 2.15. The highest BCUT2D eigenvalue weighted by molar-refractivity contribution is 7.57. The van der Waals surface area contributed by atoms with Crippen LogP contribution >= 0.6 is 7.60 Å². The average Bonchev–Trinajstić information content (AvgIpc) is 2.92. The summed E-state index contributed by atoms with van der Waals surface area (Å²) < 4.78 is 23.7. The van der Waals surface area contributed by atoms with E-state index in [0.29, 0.717) is 16.7 Å². The van der Waals surface area contributed by atoms with Crippen molar-refractivity contribution in [1.82, 2.24) is 4.90 Å². The second-order valence-corrected chi connectivity index (χ2v) is 7.60. The fourth-order valence-electron chi connectivity index (χ4n) is 2.90. The van der Waals surface area contributed by atoms with Crippen LogP contribution in [0.2, 0.25) is 0 Å². The first-order chi connectivity index (χ1) is 13.0. The molecule has 0 saturated heterocycles. The fraction of sp³-hybridized carbons (Fsp3) is 0.200. The second-order valence-electron chi connectivity index (χ2n) is 5.75. The van der Waals surface area contributed by atoms with Gasteiger partial charge in [-0.3, -0.25) is 14.2 Å². The molecule has 1 aliphatic rings. The maximum atomic E-state index is 13.1. The number of nitrogens with zero attached hydrogens (tertiary/aromatic N) is 1. The average molecular weight is 385 g/mol. The third-order valence-corrected chi connectivity index (χ3v) is 5.80. The van der Waals surface area contributed by atoms with E-state index in [9.17, 15) is 14.2 Å². The molecule has 1 heterocycles. The highest BCUT2D eigenvalue weighted by Crippen LogP contribution is 2.52. The van der Waals surface area contributed by atoms with Crippen LogP contribution in [0.25, 0.3) is 5.70 Å². The van der Waals surface area contributed by atoms with Crippen molar-refractivity contribution in [3.63, 3.8) is 0 Å². The van der Waals surface area contributed by atoms with E-state index in [1.54, 1.807) is 62.4 Å². The summed E-state index contributed by atoms with van der Waals surface area (Å²) in [5, 5.41) is 0. The van der Waals surface area contributed by atoms with Gasteiger partial charge in [0.25, 0.3) is 11.8 Å². The van der Waals surface area contributed by atoms with Crippen molar-refractivity contribution >= 4 is 25.1 Å². The SMILES string of the molecule is CCOP(=O)(/C=C(\c1ccccc1)N1C(=O)c2ccccc2C1=O)OCC. The Labute approximate surface area is 157 Å². The zero-order chi connectivity index (χ0) is 19.4. The quantitative estimate of drug-likeness (QED) is 0.517. The molecule has 0 bridgehead atoms. The van der Waals surface area contributed by atoms with Crippen LogP contribution in [0.15, 0.2) is 60.4 Å². The van der Waals surface area contributed by atoms with Gasteiger partial charge in [0.1, 0.15) is 0 Å². The van der Waals surface area contributed by atoms with Gasteiger partial charge in [0.2, 0.25) is 0 Å². The summed E-state index contributed by atoms with van der Waals surface area (Å²) in [4.78, 5) is 26.9. The third kappa shape index (κ3) is 3.78. The van der Waals surface area contributed by atoms with Crippen LogP contribution in [0, 0.1) is 0 Å². The van der Waals surface area contributed by atoms with Crippen LogP contribution in [0.1, 0.15) is 40.1 Å². The number of fused-ring (bicyclic) bond motifs is 1. The minimum atomic E-state index is -3.65. The molecule has 0 spiro atoms. The van der Waals surface area contributed by atoms with E-state index in [2.05, 4.69) is 0 Å². The maximum Gasteiger partial charge on any atom is 0.356 e. The van der Waals surface area contributed by atoms with Crippen LogP contribution in [0.4, 0.5) is 0 Å². The van der Waals surface area contributed by atoms with Gasteiger partial charge >= 0.3 is 7.60 Å². The molecule has 0 atom stereocenters. The number of carbonyl (C=O) groups excluding carboxylic acids is 2. The molecule has 0 aromatic heterocycles. The van der Waals surface area contributed by atoms with E-state index < -0.39 is 19.4 Å². The highest BCUT2D eigenvalue weighted by Gasteiger charge is 2.39. The van der Waals surface area contributed by atoms with Crippen molar-refractivity contribution in [1.29, 1.82) is 0 Å². The van der Waals surface area contributed by atoms with Crippen molar-refractivity contribution in [2.75, 3.05) is 13.2 Å². The molecule has 0 fully saturated rings. The Morgan fingerprint density at radius 3 is 1.85 bits per heavy atom. The Bertz CT molecular complexity index is 893. The van der Waals surface area contributed by atoms with Gasteiger partial charge in [0, 0.05) is 0 Å². The van der Waals surface area contributed by atoms with Gasteiger partial charge in [0.05, 0.1) is 35.9 Å². The molecule has 140 valence electrons. The third-order valence-electron chi connectivity index (χ3n) is 4.00. The predicted octanol–water partition coefficient (Wildman–Crippen LogP) is 4.55. The molecule has 3 rings (SSSR count). The van der Waals surface area contributed by atoms with E-state index in [4.69, 9.17) is 9.05 Å². The van der Waals surface area contributed by atoms with Gasteiger partial charge in [-0.25, -0.2) is 4.90 Å². The molecule has 2 aromatic carbocycles. The van der Waals surface area contributed by atoms with Crippen molar-refractivity contribution < 1.29 is 23.2 Å². The van der Waals surface area contributed by atoms with E-state index >= 15 is 0 Å². The van der Waals surface area contributed by atoms with Crippen LogP contribution in [-0.4, -0.2) is 29.9 Å². The van der Waals surface area contributed by atoms with Gasteiger partial charge < -0.3 is 9.05 Å². The topological polar surface area (TPSA) is 72.9 Å². The number of rotatable bonds is 7. The summed E-state index contributed by atoms with van der Waals surface area (Å²) in [6.07, 6.45) is 0. The summed E-state index contributed by atoms with van der Waals surface area (Å²) in [6, 6.07) is 15.4. The number of carbonyl (C=O) groups is 2. The van der Waals surface area contributed by atoms with Gasteiger partial charge in [-0.15, -0.1) is 0 Å². The molecule has 7 heteroatoms. The molecule has 27 heavy (non-hydrogen) atoms. The molecule has 2 amide bonds. The number of imide groups is 1. The van der Waals surface area contributed by atoms with E-state index in [-0.39, 0.29) is 18.9 Å². The van der Waals surface area contributed by atoms with Crippen molar-refractivity contribution in [2.24, 2.45) is 0 Å². The van der Waals surface area contributed by atoms with Crippen LogP contribution in [-0.2, 0) is 13.6 Å². The number of hydrogen-bond acceptors (Lipinski definition) is 5. The van der Waals surface area contributed by atoms with Crippen molar-refractivity contribution in [2.45, 2.75) is 13.8 Å². The molecule has 0 N–H and O–H groups in total. The Morgan fingerprint density at radius 1 is 0.889 bits per heavy atom. The Hall–Kier alpha value is -2.53. The second kappa shape index (κ2) is 8.01. The molecule has 0 aliphatic carbocycles. The van der Waals surface area contributed by atoms with E-state index in [0.717, 1.165) is 4.90 Å². The van der Waals surface area contributed by atoms with E-state index in [1.807, 2.05) is 6.07 Å². The maximum absolute atomic E-state index is 13.1. The van der Waals surface area contributed by atoms with Crippen molar-refractivity contribution in [3.8, 4) is 0 Å².